The van der Waals surface area contributed by atoms with Crippen LogP contribution in [0.3, 0.4) is 0 Å². The second kappa shape index (κ2) is 12.6. The van der Waals surface area contributed by atoms with E-state index < -0.39 is 0 Å². The van der Waals surface area contributed by atoms with Gasteiger partial charge in [-0.05, 0) is 59.7 Å². The van der Waals surface area contributed by atoms with Crippen LogP contribution in [0.1, 0.15) is 21.5 Å². The fraction of sp³-hybridized carbons (Fsp3) is 0.125. The zero-order chi connectivity index (χ0) is 27.7. The second-order valence-corrected chi connectivity index (χ2v) is 9.26. The second-order valence-electron chi connectivity index (χ2n) is 9.26. The lowest BCUT2D eigenvalue weighted by Gasteiger charge is -2.14. The maximum absolute atomic E-state index is 12.5. The van der Waals surface area contributed by atoms with E-state index in [9.17, 15) is 9.59 Å². The topological polar surface area (TPSA) is 110 Å². The summed E-state index contributed by atoms with van der Waals surface area (Å²) in [5.74, 6) is 0.769. The molecule has 0 saturated carbocycles. The molecule has 0 aliphatic carbocycles. The number of ether oxygens (including phenoxy) is 1. The zero-order valence-corrected chi connectivity index (χ0v) is 21.9. The lowest BCUT2D eigenvalue weighted by Crippen LogP contribution is -2.26. The van der Waals surface area contributed by atoms with Crippen molar-refractivity contribution in [3.8, 4) is 5.75 Å². The highest BCUT2D eigenvalue weighted by Crippen LogP contribution is 2.27. The zero-order valence-electron chi connectivity index (χ0n) is 21.9. The first-order valence-electron chi connectivity index (χ1n) is 13.0. The van der Waals surface area contributed by atoms with Gasteiger partial charge in [0.25, 0.3) is 5.91 Å². The smallest absolute Gasteiger partial charge is 0.255 e. The maximum atomic E-state index is 12.5. The number of nitrogens with two attached hydrogens (primary N) is 1. The van der Waals surface area contributed by atoms with Crippen molar-refractivity contribution in [1.82, 2.24) is 5.32 Å². The number of amides is 2. The molecule has 0 bridgehead atoms. The minimum absolute atomic E-state index is 0.247. The molecular weight excluding hydrogens is 504 g/mol. The van der Waals surface area contributed by atoms with Gasteiger partial charge in [0.1, 0.15) is 17.9 Å². The Kier molecular flexibility index (Phi) is 8.38. The van der Waals surface area contributed by atoms with Gasteiger partial charge >= 0.3 is 0 Å². The van der Waals surface area contributed by atoms with Crippen LogP contribution in [-0.2, 0) is 17.9 Å². The number of rotatable bonds is 12. The van der Waals surface area contributed by atoms with E-state index in [1.165, 1.54) is 10.5 Å². The minimum atomic E-state index is -0.267. The average molecular weight is 535 g/mol. The first-order valence-corrected chi connectivity index (χ1v) is 13.0. The summed E-state index contributed by atoms with van der Waals surface area (Å²) in [6.07, 6.45) is 0.728. The third-order valence-electron chi connectivity index (χ3n) is 6.41. The van der Waals surface area contributed by atoms with Crippen LogP contribution in [0.4, 0.5) is 17.3 Å². The molecule has 0 unspecified atom stereocenters. The molecule has 0 aliphatic rings. The maximum Gasteiger partial charge on any atom is 0.255 e. The number of anilines is 3. The number of nitrogen functional groups attached to an aromatic ring is 1. The van der Waals surface area contributed by atoms with Crippen LogP contribution in [0.5, 0.6) is 5.75 Å². The number of hydrogen-bond acceptors (Lipinski definition) is 6. The van der Waals surface area contributed by atoms with Crippen LogP contribution < -0.4 is 26.0 Å². The quantitative estimate of drug-likeness (QED) is 0.142. The van der Waals surface area contributed by atoms with Crippen LogP contribution in [0.15, 0.2) is 108 Å². The molecule has 1 heterocycles. The molecule has 1 aromatic heterocycles. The SMILES string of the molecule is Nc1ccccc1NC(=O)c1ccc(OCCN(C=O)c2cc3cc(CNCc4ccccc4)ccc3o2)cc1. The van der Waals surface area contributed by atoms with E-state index >= 15 is 0 Å². The molecule has 202 valence electrons. The highest BCUT2D eigenvalue weighted by molar-refractivity contribution is 6.05. The number of hydrogen-bond donors (Lipinski definition) is 3. The highest BCUT2D eigenvalue weighted by Gasteiger charge is 2.13. The van der Waals surface area contributed by atoms with Gasteiger partial charge in [0.2, 0.25) is 12.3 Å². The number of nitrogens with one attached hydrogen (secondary N) is 2. The first kappa shape index (κ1) is 26.5. The summed E-state index contributed by atoms with van der Waals surface area (Å²) in [5, 5.41) is 7.17. The molecule has 0 radical (unpaired) electrons. The third kappa shape index (κ3) is 6.67. The Morgan fingerprint density at radius 2 is 1.62 bits per heavy atom. The van der Waals surface area contributed by atoms with E-state index in [4.69, 9.17) is 14.9 Å². The lowest BCUT2D eigenvalue weighted by molar-refractivity contribution is -0.107. The molecule has 5 aromatic rings. The Hall–Kier alpha value is -5.08. The molecule has 0 aliphatic heterocycles. The van der Waals surface area contributed by atoms with Crippen molar-refractivity contribution in [3.05, 3.63) is 120 Å². The van der Waals surface area contributed by atoms with Gasteiger partial charge in [0, 0.05) is 30.1 Å². The molecule has 0 saturated heterocycles. The molecule has 2 amide bonds. The van der Waals surface area contributed by atoms with Gasteiger partial charge in [-0.15, -0.1) is 0 Å². The molecule has 4 N–H and O–H groups in total. The van der Waals surface area contributed by atoms with Crippen molar-refractivity contribution in [1.29, 1.82) is 0 Å². The largest absolute Gasteiger partial charge is 0.492 e. The normalized spacial score (nSPS) is 10.8. The van der Waals surface area contributed by atoms with Gasteiger partial charge < -0.3 is 25.5 Å². The van der Waals surface area contributed by atoms with E-state index in [-0.39, 0.29) is 12.5 Å². The minimum Gasteiger partial charge on any atom is -0.492 e. The van der Waals surface area contributed by atoms with Gasteiger partial charge in [-0.1, -0.05) is 48.5 Å². The highest BCUT2D eigenvalue weighted by atomic mass is 16.5. The van der Waals surface area contributed by atoms with Gasteiger partial charge in [0.15, 0.2) is 0 Å². The van der Waals surface area contributed by atoms with Crippen molar-refractivity contribution in [2.24, 2.45) is 0 Å². The van der Waals surface area contributed by atoms with Gasteiger partial charge in [-0.3, -0.25) is 14.5 Å². The monoisotopic (exact) mass is 534 g/mol. The summed E-state index contributed by atoms with van der Waals surface area (Å²) >= 11 is 0. The number of carbonyl (C=O) groups is 2. The predicted octanol–water partition coefficient (Wildman–Crippen LogP) is 5.60. The molecule has 0 spiro atoms. The fourth-order valence-corrected chi connectivity index (χ4v) is 4.26. The number of furan rings is 1. The lowest BCUT2D eigenvalue weighted by atomic mass is 10.1. The van der Waals surface area contributed by atoms with Crippen LogP contribution in [0, 0.1) is 0 Å². The molecule has 8 heteroatoms. The van der Waals surface area contributed by atoms with Crippen LogP contribution >= 0.6 is 0 Å². The average Bonchev–Trinajstić information content (AvgIpc) is 3.41. The Labute approximate surface area is 232 Å². The van der Waals surface area contributed by atoms with E-state index in [0.717, 1.165) is 30.4 Å². The van der Waals surface area contributed by atoms with Crippen LogP contribution in [0.25, 0.3) is 11.0 Å². The third-order valence-corrected chi connectivity index (χ3v) is 6.41. The number of para-hydroxylation sites is 2. The summed E-state index contributed by atoms with van der Waals surface area (Å²) < 4.78 is 11.7. The van der Waals surface area contributed by atoms with Crippen LogP contribution in [0.2, 0.25) is 0 Å². The summed E-state index contributed by atoms with van der Waals surface area (Å²) in [4.78, 5) is 25.8. The first-order chi connectivity index (χ1) is 19.6. The molecular formula is C32H30N4O4. The predicted molar refractivity (Wildman–Crippen MR) is 157 cm³/mol. The standard InChI is InChI=1S/C32H30N4O4/c33-28-8-4-5-9-29(28)35-32(38)25-11-13-27(14-12-25)39-17-16-36(22-37)31-19-26-18-24(10-15-30(26)40-31)21-34-20-23-6-2-1-3-7-23/h1-15,18-19,22,34H,16-17,20-21,33H2,(H,35,38). The molecule has 4 aromatic carbocycles. The number of carbonyl (C=O) groups excluding carboxylic acids is 2. The summed E-state index contributed by atoms with van der Waals surface area (Å²) in [5.41, 5.74) is 10.5. The summed E-state index contributed by atoms with van der Waals surface area (Å²) in [6.45, 7) is 2.05. The Bertz CT molecular complexity index is 1580. The van der Waals surface area contributed by atoms with E-state index in [1.54, 1.807) is 48.5 Å². The summed E-state index contributed by atoms with van der Waals surface area (Å²) in [6, 6.07) is 31.9. The van der Waals surface area contributed by atoms with Crippen molar-refractivity contribution >= 4 is 40.5 Å². The van der Waals surface area contributed by atoms with E-state index in [0.29, 0.717) is 40.7 Å². The van der Waals surface area contributed by atoms with Crippen molar-refractivity contribution < 1.29 is 18.7 Å². The van der Waals surface area contributed by atoms with E-state index in [2.05, 4.69) is 28.8 Å². The van der Waals surface area contributed by atoms with Gasteiger partial charge in [-0.2, -0.15) is 0 Å². The molecule has 40 heavy (non-hydrogen) atoms. The number of fused-ring (bicyclic) bond motifs is 1. The van der Waals surface area contributed by atoms with Crippen molar-refractivity contribution in [2.45, 2.75) is 13.1 Å². The van der Waals surface area contributed by atoms with Gasteiger partial charge in [0.05, 0.1) is 17.9 Å². The van der Waals surface area contributed by atoms with Crippen molar-refractivity contribution in [2.75, 3.05) is 29.1 Å². The van der Waals surface area contributed by atoms with Crippen molar-refractivity contribution in [3.63, 3.8) is 0 Å². The molecule has 8 nitrogen and oxygen atoms in total. The Morgan fingerprint density at radius 1 is 0.875 bits per heavy atom. The van der Waals surface area contributed by atoms with E-state index in [1.807, 2.05) is 36.4 Å². The Balaban J connectivity index is 1.13. The molecule has 0 atom stereocenters. The molecule has 0 fully saturated rings. The van der Waals surface area contributed by atoms with Crippen LogP contribution in [-0.4, -0.2) is 25.5 Å². The fourth-order valence-electron chi connectivity index (χ4n) is 4.26. The molecule has 5 rings (SSSR count). The Morgan fingerprint density at radius 3 is 2.40 bits per heavy atom. The van der Waals surface area contributed by atoms with Gasteiger partial charge in [-0.25, -0.2) is 0 Å². The number of benzene rings is 4. The number of nitrogens with zero attached hydrogens (tertiary/aromatic N) is 1. The summed E-state index contributed by atoms with van der Waals surface area (Å²) in [7, 11) is 0.